The number of amides is 5. The van der Waals surface area contributed by atoms with Crippen molar-refractivity contribution in [1.82, 2.24) is 30.1 Å². The summed E-state index contributed by atoms with van der Waals surface area (Å²) < 4.78 is 51.9. The number of rotatable bonds is 14. The fourth-order valence-electron chi connectivity index (χ4n) is 8.38. The van der Waals surface area contributed by atoms with Crippen molar-refractivity contribution in [2.45, 2.75) is 51.6 Å². The molecule has 0 unspecified atom stereocenters. The van der Waals surface area contributed by atoms with Crippen LogP contribution in [0.25, 0.3) is 49.5 Å². The highest BCUT2D eigenvalue weighted by atomic mass is 19.4. The summed E-state index contributed by atoms with van der Waals surface area (Å²) in [5.74, 6) is -1.17. The minimum absolute atomic E-state index is 0.0288. The molecule has 3 aromatic heterocycles. The maximum Gasteiger partial charge on any atom is 0.418 e. The number of nitrogens with zero attached hydrogens (tertiary/aromatic N) is 5. The number of pyridine rings is 3. The number of nitrogens with one attached hydrogen (secondary N) is 3. The summed E-state index contributed by atoms with van der Waals surface area (Å²) in [6.45, 7) is 3.97. The van der Waals surface area contributed by atoms with Gasteiger partial charge in [0, 0.05) is 84.3 Å². The number of halogens is 3. The first-order valence-electron chi connectivity index (χ1n) is 22.7. The number of primary amides is 1. The molecule has 19 heteroatoms. The maximum absolute atomic E-state index is 15.0. The zero-order valence-electron chi connectivity index (χ0n) is 38.3. The third-order valence-corrected chi connectivity index (χ3v) is 12.3. The van der Waals surface area contributed by atoms with E-state index < -0.39 is 53.3 Å². The van der Waals surface area contributed by atoms with Gasteiger partial charge < -0.3 is 42.0 Å². The van der Waals surface area contributed by atoms with Gasteiger partial charge in [-0.3, -0.25) is 28.9 Å². The molecular formula is C51H51F3N10O6. The van der Waals surface area contributed by atoms with Crippen LogP contribution in [0.2, 0.25) is 0 Å². The highest BCUT2D eigenvalue weighted by molar-refractivity contribution is 6.05. The van der Waals surface area contributed by atoms with E-state index in [0.29, 0.717) is 39.5 Å². The second kappa shape index (κ2) is 20.7. The Bertz CT molecular complexity index is 3160. The van der Waals surface area contributed by atoms with Crippen LogP contribution in [0.1, 0.15) is 37.8 Å². The Hall–Kier alpha value is -8.06. The summed E-state index contributed by atoms with van der Waals surface area (Å²) >= 11 is 0. The molecule has 16 nitrogen and oxygen atoms in total. The molecule has 7 N–H and O–H groups in total. The van der Waals surface area contributed by atoms with Gasteiger partial charge in [0.05, 0.1) is 33.8 Å². The van der Waals surface area contributed by atoms with Crippen LogP contribution in [0.15, 0.2) is 120 Å². The van der Waals surface area contributed by atoms with Crippen LogP contribution < -0.4 is 37.9 Å². The lowest BCUT2D eigenvalue weighted by Crippen LogP contribution is -2.51. The number of anilines is 2. The smallest absolute Gasteiger partial charge is 0.418 e. The number of hydrogen-bond donors (Lipinski definition) is 5. The van der Waals surface area contributed by atoms with Crippen LogP contribution >= 0.6 is 0 Å². The number of piperazine rings is 1. The third kappa shape index (κ3) is 10.9. The first-order chi connectivity index (χ1) is 33.5. The zero-order valence-corrected chi connectivity index (χ0v) is 38.3. The molecule has 0 bridgehead atoms. The summed E-state index contributed by atoms with van der Waals surface area (Å²) in [6, 6.07) is 26.1. The van der Waals surface area contributed by atoms with Crippen LogP contribution in [0.5, 0.6) is 0 Å². The second-order valence-corrected chi connectivity index (χ2v) is 17.4. The first-order valence-corrected chi connectivity index (χ1v) is 22.7. The molecule has 7 aromatic rings. The molecule has 0 saturated carbocycles. The predicted octanol–water partition coefficient (Wildman–Crippen LogP) is 7.09. The zero-order chi connectivity index (χ0) is 49.7. The van der Waals surface area contributed by atoms with Crippen molar-refractivity contribution in [2.24, 2.45) is 17.4 Å². The molecule has 0 spiro atoms. The number of benzene rings is 4. The maximum atomic E-state index is 15.0. The van der Waals surface area contributed by atoms with E-state index in [0.717, 1.165) is 28.1 Å². The standard InChI is InChI=1S/C51H51F3N10O6/c1-30(2)45(55)48(67)61-42(8-5-19-57-49(56)68)47(66)60-36-13-9-31(10-14-36)29-70-50(69)63-22-20-62(21-23-63)43-17-15-37(26-39(43)51(52,53)54)64-44(65)18-12-34-27-59-41-16-11-32(25-38(41)46(34)64)35-24-33-6-3-4-7-40(33)58-28-35/h3-4,6-7,9-18,24-28,30,42,45H,5,8,19-23,29,55H2,1-2H3,(H,60,66)(H,61,67)(H3,56,57,68)/t42-,45-/m0/s1. The van der Waals surface area contributed by atoms with Crippen molar-refractivity contribution in [3.8, 4) is 16.8 Å². The van der Waals surface area contributed by atoms with Gasteiger partial charge in [-0.05, 0) is 90.6 Å². The minimum atomic E-state index is -4.79. The number of carbonyl (C=O) groups excluding carboxylic acids is 4. The quantitative estimate of drug-likeness (QED) is 0.0551. The third-order valence-electron chi connectivity index (χ3n) is 12.3. The van der Waals surface area contributed by atoms with Crippen molar-refractivity contribution < 1.29 is 37.1 Å². The highest BCUT2D eigenvalue weighted by Crippen LogP contribution is 2.39. The van der Waals surface area contributed by atoms with E-state index in [2.05, 4.69) is 25.9 Å². The van der Waals surface area contributed by atoms with Gasteiger partial charge in [0.2, 0.25) is 11.8 Å². The molecule has 0 aliphatic carbocycles. The van der Waals surface area contributed by atoms with E-state index in [1.165, 1.54) is 27.7 Å². The van der Waals surface area contributed by atoms with Crippen molar-refractivity contribution in [3.63, 3.8) is 0 Å². The van der Waals surface area contributed by atoms with Crippen molar-refractivity contribution in [2.75, 3.05) is 42.9 Å². The number of hydrogen-bond acceptors (Lipinski definition) is 10. The van der Waals surface area contributed by atoms with Gasteiger partial charge >= 0.3 is 18.3 Å². The first kappa shape index (κ1) is 48.4. The summed E-state index contributed by atoms with van der Waals surface area (Å²) in [6.07, 6.45) is -1.55. The normalized spacial score (nSPS) is 13.9. The van der Waals surface area contributed by atoms with E-state index in [1.807, 2.05) is 48.5 Å². The monoisotopic (exact) mass is 956 g/mol. The number of urea groups is 1. The summed E-state index contributed by atoms with van der Waals surface area (Å²) in [5.41, 5.74) is 14.0. The van der Waals surface area contributed by atoms with Gasteiger partial charge in [0.25, 0.3) is 5.56 Å². The van der Waals surface area contributed by atoms with Gasteiger partial charge in [-0.1, -0.05) is 50.2 Å². The van der Waals surface area contributed by atoms with Crippen molar-refractivity contribution in [3.05, 3.63) is 137 Å². The van der Waals surface area contributed by atoms with Gasteiger partial charge in [-0.25, -0.2) is 9.59 Å². The average molecular weight is 957 g/mol. The number of ether oxygens (including phenoxy) is 1. The van der Waals surface area contributed by atoms with Crippen LogP contribution in [0, 0.1) is 5.92 Å². The Morgan fingerprint density at radius 2 is 1.54 bits per heavy atom. The number of alkyl halides is 3. The van der Waals surface area contributed by atoms with Gasteiger partial charge in [-0.15, -0.1) is 0 Å². The van der Waals surface area contributed by atoms with Gasteiger partial charge in [-0.2, -0.15) is 13.2 Å². The van der Waals surface area contributed by atoms with Crippen LogP contribution in [0.4, 0.5) is 34.1 Å². The molecule has 5 amide bonds. The number of fused-ring (bicyclic) bond motifs is 4. The number of carbonyl (C=O) groups is 4. The second-order valence-electron chi connectivity index (χ2n) is 17.4. The summed E-state index contributed by atoms with van der Waals surface area (Å²) in [4.78, 5) is 76.0. The number of para-hydroxylation sites is 1. The predicted molar refractivity (Wildman–Crippen MR) is 261 cm³/mol. The van der Waals surface area contributed by atoms with Crippen molar-refractivity contribution in [1.29, 1.82) is 0 Å². The van der Waals surface area contributed by atoms with E-state index in [9.17, 15) is 24.0 Å². The fourth-order valence-corrected chi connectivity index (χ4v) is 8.38. The van der Waals surface area contributed by atoms with E-state index in [1.54, 1.807) is 61.5 Å². The topological polar surface area (TPSA) is 220 Å². The molecule has 4 heterocycles. The van der Waals surface area contributed by atoms with E-state index >= 15 is 13.2 Å². The molecule has 1 aliphatic rings. The van der Waals surface area contributed by atoms with Gasteiger partial charge in [0.15, 0.2) is 0 Å². The molecule has 0 radical (unpaired) electrons. The molecular weight excluding hydrogens is 906 g/mol. The van der Waals surface area contributed by atoms with Crippen LogP contribution in [0.3, 0.4) is 0 Å². The molecule has 1 aliphatic heterocycles. The van der Waals surface area contributed by atoms with Crippen molar-refractivity contribution >= 4 is 68.0 Å². The molecule has 70 heavy (non-hydrogen) atoms. The lowest BCUT2D eigenvalue weighted by Gasteiger charge is -2.36. The molecule has 1 fully saturated rings. The molecule has 4 aromatic carbocycles. The molecule has 8 rings (SSSR count). The average Bonchev–Trinajstić information content (AvgIpc) is 3.35. The number of aromatic nitrogens is 3. The van der Waals surface area contributed by atoms with E-state index in [4.69, 9.17) is 16.2 Å². The Morgan fingerprint density at radius 1 is 0.800 bits per heavy atom. The lowest BCUT2D eigenvalue weighted by atomic mass is 10.0. The largest absolute Gasteiger partial charge is 0.445 e. The van der Waals surface area contributed by atoms with Crippen LogP contribution in [-0.4, -0.2) is 88.2 Å². The Morgan fingerprint density at radius 3 is 2.27 bits per heavy atom. The van der Waals surface area contributed by atoms with Gasteiger partial charge in [0.1, 0.15) is 12.6 Å². The molecule has 2 atom stereocenters. The Kier molecular flexibility index (Phi) is 14.3. The lowest BCUT2D eigenvalue weighted by molar-refractivity contribution is -0.137. The Balaban J connectivity index is 0.928. The molecule has 362 valence electrons. The minimum Gasteiger partial charge on any atom is -0.445 e. The summed E-state index contributed by atoms with van der Waals surface area (Å²) in [7, 11) is 0. The fraction of sp³-hybridized carbons (Fsp3) is 0.275. The van der Waals surface area contributed by atoms with E-state index in [-0.39, 0.29) is 63.0 Å². The summed E-state index contributed by atoms with van der Waals surface area (Å²) in [5, 5.41) is 9.97. The molecule has 1 saturated heterocycles. The number of nitrogens with two attached hydrogens (primary N) is 2. The SMILES string of the molecule is CC(C)[C@H](N)C(=O)N[C@@H](CCCNC(N)=O)C(=O)Nc1ccc(COC(=O)N2CCN(c3ccc(-n4c(=O)ccc5cnc6ccc(-c7cnc8ccccc8c7)cc6c54)cc3C(F)(F)F)CC2)cc1. The Labute approximate surface area is 399 Å². The highest BCUT2D eigenvalue weighted by Gasteiger charge is 2.37. The van der Waals surface area contributed by atoms with Crippen LogP contribution in [-0.2, 0) is 27.1 Å².